The van der Waals surface area contributed by atoms with Gasteiger partial charge in [-0.25, -0.2) is 13.2 Å². The van der Waals surface area contributed by atoms with Crippen LogP contribution in [0.4, 0.5) is 4.79 Å². The molecule has 1 amide bonds. The van der Waals surface area contributed by atoms with Crippen LogP contribution in [0.3, 0.4) is 0 Å². The van der Waals surface area contributed by atoms with E-state index in [1.165, 1.54) is 6.26 Å². The number of amides is 1. The van der Waals surface area contributed by atoms with Crippen LogP contribution >= 0.6 is 24.0 Å². The highest BCUT2D eigenvalue weighted by Crippen LogP contribution is 2.06. The van der Waals surface area contributed by atoms with Gasteiger partial charge >= 0.3 is 6.09 Å². The minimum Gasteiger partial charge on any atom is -0.444 e. The van der Waals surface area contributed by atoms with Gasteiger partial charge in [0.2, 0.25) is 0 Å². The van der Waals surface area contributed by atoms with Gasteiger partial charge in [-0.2, -0.15) is 0 Å². The largest absolute Gasteiger partial charge is 0.444 e. The van der Waals surface area contributed by atoms with E-state index in [0.29, 0.717) is 45.0 Å². The first-order valence-electron chi connectivity index (χ1n) is 8.20. The van der Waals surface area contributed by atoms with Crippen molar-refractivity contribution in [2.75, 3.05) is 38.2 Å². The number of carbonyl (C=O) groups is 1. The summed E-state index contributed by atoms with van der Waals surface area (Å²) >= 11 is 0. The van der Waals surface area contributed by atoms with Gasteiger partial charge in [-0.1, -0.05) is 0 Å². The van der Waals surface area contributed by atoms with Gasteiger partial charge in [0.25, 0.3) is 0 Å². The van der Waals surface area contributed by atoms with Crippen LogP contribution in [0.5, 0.6) is 0 Å². The van der Waals surface area contributed by atoms with Crippen LogP contribution in [-0.2, 0) is 14.6 Å². The molecule has 0 rings (SSSR count). The van der Waals surface area contributed by atoms with Crippen molar-refractivity contribution in [2.45, 2.75) is 46.1 Å². The fourth-order valence-corrected chi connectivity index (χ4v) is 2.33. The van der Waals surface area contributed by atoms with E-state index in [1.54, 1.807) is 0 Å². The van der Waals surface area contributed by atoms with Crippen molar-refractivity contribution >= 4 is 45.9 Å². The van der Waals surface area contributed by atoms with E-state index in [-0.39, 0.29) is 29.7 Å². The maximum Gasteiger partial charge on any atom is 0.407 e. The van der Waals surface area contributed by atoms with E-state index in [2.05, 4.69) is 20.9 Å². The monoisotopic (exact) mass is 492 g/mol. The number of hydrogen-bond acceptors (Lipinski definition) is 5. The molecule has 0 radical (unpaired) electrons. The van der Waals surface area contributed by atoms with Crippen LogP contribution in [0.1, 0.15) is 40.5 Å². The van der Waals surface area contributed by atoms with Crippen LogP contribution in [0, 0.1) is 0 Å². The highest BCUT2D eigenvalue weighted by Gasteiger charge is 2.15. The Balaban J connectivity index is 0. The van der Waals surface area contributed by atoms with E-state index in [0.717, 1.165) is 0 Å². The number of sulfone groups is 1. The molecule has 0 atom stereocenters. The molecule has 0 aromatic heterocycles. The summed E-state index contributed by atoms with van der Waals surface area (Å²) in [5, 5.41) is 8.85. The van der Waals surface area contributed by atoms with Crippen LogP contribution in [0.25, 0.3) is 0 Å². The van der Waals surface area contributed by atoms with E-state index < -0.39 is 21.5 Å². The Morgan fingerprint density at radius 3 is 2.20 bits per heavy atom. The third-order valence-electron chi connectivity index (χ3n) is 2.60. The number of ether oxygens (including phenoxy) is 1. The normalized spacial score (nSPS) is 12.1. The molecule has 0 spiro atoms. The lowest BCUT2D eigenvalue weighted by molar-refractivity contribution is 0.0527. The molecular weight excluding hydrogens is 459 g/mol. The first kappa shape index (κ1) is 26.4. The SMILES string of the molecule is CCNC(=NCCCNC(=O)OC(C)(C)C)NCCCS(C)(=O)=O.I. The summed E-state index contributed by atoms with van der Waals surface area (Å²) in [5.41, 5.74) is -0.504. The van der Waals surface area contributed by atoms with Gasteiger partial charge in [0.05, 0.1) is 5.75 Å². The molecule has 10 heteroatoms. The van der Waals surface area contributed by atoms with Gasteiger partial charge in [-0.05, 0) is 40.5 Å². The van der Waals surface area contributed by atoms with E-state index >= 15 is 0 Å². The molecule has 0 saturated heterocycles. The molecule has 0 heterocycles. The van der Waals surface area contributed by atoms with Gasteiger partial charge in [-0.3, -0.25) is 4.99 Å². The number of nitrogens with one attached hydrogen (secondary N) is 3. The summed E-state index contributed by atoms with van der Waals surface area (Å²) in [6.45, 7) is 9.67. The summed E-state index contributed by atoms with van der Waals surface area (Å²) in [6, 6.07) is 0. The highest BCUT2D eigenvalue weighted by molar-refractivity contribution is 14.0. The van der Waals surface area contributed by atoms with Gasteiger partial charge in [-0.15, -0.1) is 24.0 Å². The van der Waals surface area contributed by atoms with Crippen molar-refractivity contribution in [1.29, 1.82) is 0 Å². The lowest BCUT2D eigenvalue weighted by atomic mass is 10.2. The summed E-state index contributed by atoms with van der Waals surface area (Å²) in [4.78, 5) is 15.8. The summed E-state index contributed by atoms with van der Waals surface area (Å²) in [5.74, 6) is 0.794. The van der Waals surface area contributed by atoms with Crippen molar-refractivity contribution in [3.8, 4) is 0 Å². The molecule has 8 nitrogen and oxygen atoms in total. The molecule has 0 aromatic carbocycles. The molecular formula is C15H33IN4O4S. The Bertz CT molecular complexity index is 504. The third-order valence-corrected chi connectivity index (χ3v) is 3.63. The van der Waals surface area contributed by atoms with E-state index in [9.17, 15) is 13.2 Å². The highest BCUT2D eigenvalue weighted by atomic mass is 127. The van der Waals surface area contributed by atoms with Gasteiger partial charge in [0.1, 0.15) is 15.4 Å². The van der Waals surface area contributed by atoms with E-state index in [1.807, 2.05) is 27.7 Å². The molecule has 25 heavy (non-hydrogen) atoms. The molecule has 0 aliphatic heterocycles. The zero-order chi connectivity index (χ0) is 18.6. The smallest absolute Gasteiger partial charge is 0.407 e. The van der Waals surface area contributed by atoms with Crippen molar-refractivity contribution in [1.82, 2.24) is 16.0 Å². The Labute approximate surface area is 168 Å². The summed E-state index contributed by atoms with van der Waals surface area (Å²) in [6.07, 6.45) is 2.00. The van der Waals surface area contributed by atoms with Gasteiger partial charge < -0.3 is 20.7 Å². The topological polar surface area (TPSA) is 109 Å². The number of hydrogen-bond donors (Lipinski definition) is 3. The van der Waals surface area contributed by atoms with Crippen molar-refractivity contribution in [2.24, 2.45) is 4.99 Å². The van der Waals surface area contributed by atoms with Crippen LogP contribution in [0.15, 0.2) is 4.99 Å². The minimum atomic E-state index is -2.93. The molecule has 150 valence electrons. The number of guanidine groups is 1. The first-order valence-corrected chi connectivity index (χ1v) is 10.3. The van der Waals surface area contributed by atoms with E-state index in [4.69, 9.17) is 4.74 Å². The predicted octanol–water partition coefficient (Wildman–Crippen LogP) is 1.51. The molecule has 3 N–H and O–H groups in total. The second-order valence-electron chi connectivity index (χ2n) is 6.45. The standard InChI is InChI=1S/C15H32N4O4S.HI/c1-6-16-13(18-11-8-12-24(5,21)22)17-9-7-10-19-14(20)23-15(2,3)4;/h6-12H2,1-5H3,(H,19,20)(H2,16,17,18);1H. The van der Waals surface area contributed by atoms with Crippen molar-refractivity contribution in [3.05, 3.63) is 0 Å². The zero-order valence-electron chi connectivity index (χ0n) is 15.8. The maximum absolute atomic E-state index is 11.5. The molecule has 0 saturated carbocycles. The molecule has 0 unspecified atom stereocenters. The predicted molar refractivity (Wildman–Crippen MR) is 113 cm³/mol. The van der Waals surface area contributed by atoms with Crippen LogP contribution in [0.2, 0.25) is 0 Å². The number of alkyl carbamates (subject to hydrolysis) is 1. The fraction of sp³-hybridized carbons (Fsp3) is 0.867. The average Bonchev–Trinajstić information content (AvgIpc) is 2.39. The second kappa shape index (κ2) is 13.4. The number of rotatable bonds is 9. The lowest BCUT2D eigenvalue weighted by Crippen LogP contribution is -2.38. The molecule has 0 aliphatic rings. The Morgan fingerprint density at radius 2 is 1.68 bits per heavy atom. The number of halogens is 1. The Hall–Kier alpha value is -0.780. The Kier molecular flexibility index (Phi) is 14.2. The number of nitrogens with zero attached hydrogens (tertiary/aromatic N) is 1. The first-order chi connectivity index (χ1) is 11.0. The van der Waals surface area contributed by atoms with Crippen LogP contribution < -0.4 is 16.0 Å². The van der Waals surface area contributed by atoms with Crippen LogP contribution in [-0.4, -0.2) is 64.3 Å². The molecule has 0 bridgehead atoms. The summed E-state index contributed by atoms with van der Waals surface area (Å²) in [7, 11) is -2.93. The number of carbonyl (C=O) groups excluding carboxylic acids is 1. The molecule has 0 aliphatic carbocycles. The quantitative estimate of drug-likeness (QED) is 0.195. The number of aliphatic imine (C=N–C) groups is 1. The summed E-state index contributed by atoms with van der Waals surface area (Å²) < 4.78 is 27.3. The molecule has 0 aromatic rings. The zero-order valence-corrected chi connectivity index (χ0v) is 19.0. The van der Waals surface area contributed by atoms with Crippen molar-refractivity contribution < 1.29 is 17.9 Å². The minimum absolute atomic E-state index is 0. The average molecular weight is 492 g/mol. The molecule has 0 fully saturated rings. The maximum atomic E-state index is 11.5. The van der Waals surface area contributed by atoms with Crippen molar-refractivity contribution in [3.63, 3.8) is 0 Å². The second-order valence-corrected chi connectivity index (χ2v) is 8.71. The Morgan fingerprint density at radius 1 is 1.08 bits per heavy atom. The third kappa shape index (κ3) is 19.4. The van der Waals surface area contributed by atoms with Gasteiger partial charge in [0.15, 0.2) is 5.96 Å². The van der Waals surface area contributed by atoms with Gasteiger partial charge in [0, 0.05) is 32.4 Å². The fourth-order valence-electron chi connectivity index (χ4n) is 1.66. The lowest BCUT2D eigenvalue weighted by Gasteiger charge is -2.19.